The molecule has 0 saturated heterocycles. The third-order valence-electron chi connectivity index (χ3n) is 7.77. The van der Waals surface area contributed by atoms with Gasteiger partial charge in [0.05, 0.1) is 34.9 Å². The molecule has 0 atom stereocenters. The van der Waals surface area contributed by atoms with Gasteiger partial charge in [-0.15, -0.1) is 0 Å². The first-order valence-electron chi connectivity index (χ1n) is 14.0. The minimum Gasteiger partial charge on any atom is -0.336 e. The zero-order chi connectivity index (χ0) is 30.4. The van der Waals surface area contributed by atoms with E-state index < -0.39 is 15.8 Å². The first-order chi connectivity index (χ1) is 21.2. The van der Waals surface area contributed by atoms with E-state index in [0.29, 0.717) is 45.1 Å². The second kappa shape index (κ2) is 10.9. The zero-order valence-corrected chi connectivity index (χ0v) is 24.4. The Kier molecular flexibility index (Phi) is 6.90. The summed E-state index contributed by atoms with van der Waals surface area (Å²) in [5, 5.41) is 11.4. The number of aromatic nitrogens is 6. The lowest BCUT2D eigenvalue weighted by atomic mass is 9.85. The Morgan fingerprint density at radius 2 is 1.86 bits per heavy atom. The van der Waals surface area contributed by atoms with E-state index in [9.17, 15) is 17.6 Å². The molecule has 1 aliphatic carbocycles. The van der Waals surface area contributed by atoms with E-state index in [0.717, 1.165) is 47.5 Å². The van der Waals surface area contributed by atoms with Crippen molar-refractivity contribution in [2.24, 2.45) is 5.92 Å². The molecule has 1 saturated carbocycles. The number of nitrogens with zero attached hydrogens (tertiary/aromatic N) is 4. The lowest BCUT2D eigenvalue weighted by Crippen LogP contribution is -2.28. The molecule has 1 aliphatic rings. The third kappa shape index (κ3) is 5.54. The predicted octanol–water partition coefficient (Wildman–Crippen LogP) is 5.16. The summed E-state index contributed by atoms with van der Waals surface area (Å²) in [6.45, 7) is -0.0572. The molecule has 0 bridgehead atoms. The largest absolute Gasteiger partial charge is 0.336 e. The number of rotatable bonds is 8. The predicted molar refractivity (Wildman–Crippen MR) is 165 cm³/mol. The van der Waals surface area contributed by atoms with E-state index in [1.807, 2.05) is 24.3 Å². The highest BCUT2D eigenvalue weighted by Crippen LogP contribution is 2.34. The minimum absolute atomic E-state index is 0.0292. The molecule has 0 aliphatic heterocycles. The highest BCUT2D eigenvalue weighted by molar-refractivity contribution is 7.88. The van der Waals surface area contributed by atoms with Gasteiger partial charge >= 0.3 is 0 Å². The summed E-state index contributed by atoms with van der Waals surface area (Å²) in [7, 11) is -3.45. The normalized spacial score (nSPS) is 13.8. The molecular formula is C31H27FN8O3S. The first-order valence-corrected chi connectivity index (χ1v) is 15.9. The smallest absolute Gasteiger partial charge is 0.227 e. The molecule has 222 valence electrons. The Hall–Kier alpha value is -5.01. The molecule has 11 nitrogen and oxygen atoms in total. The fourth-order valence-corrected chi connectivity index (χ4v) is 5.75. The number of carbonyl (C=O) groups excluding carboxylic acids is 1. The fourth-order valence-electron chi connectivity index (χ4n) is 5.32. The molecular weight excluding hydrogens is 583 g/mol. The van der Waals surface area contributed by atoms with Crippen LogP contribution in [0.25, 0.3) is 55.8 Å². The summed E-state index contributed by atoms with van der Waals surface area (Å²) < 4.78 is 40.1. The van der Waals surface area contributed by atoms with Crippen molar-refractivity contribution in [3.8, 4) is 33.9 Å². The maximum absolute atomic E-state index is 14.6. The van der Waals surface area contributed by atoms with Crippen molar-refractivity contribution >= 4 is 43.6 Å². The molecule has 7 rings (SSSR count). The Morgan fingerprint density at radius 3 is 2.66 bits per heavy atom. The first kappa shape index (κ1) is 27.8. The van der Waals surface area contributed by atoms with Crippen molar-refractivity contribution in [3.63, 3.8) is 0 Å². The standard InChI is InChI=1S/C31H27FN8O3S/c1-44(42,43)35-14-17-9-20(11-22(32)10-17)27-29-26(7-8-34-27)37-30(38-29)28-24-13-19(5-6-25(24)39-40-28)21-12-23(16-33-15-21)36-31(41)18-3-2-4-18/h5-13,15-16,18,35H,2-4,14H2,1H3,(H,36,41)(H,37,38)(H,39,40). The highest BCUT2D eigenvalue weighted by atomic mass is 32.2. The van der Waals surface area contributed by atoms with E-state index in [2.05, 4.69) is 35.2 Å². The van der Waals surface area contributed by atoms with E-state index in [4.69, 9.17) is 4.98 Å². The number of anilines is 1. The number of carbonyl (C=O) groups is 1. The van der Waals surface area contributed by atoms with E-state index in [1.165, 1.54) is 12.1 Å². The van der Waals surface area contributed by atoms with Gasteiger partial charge in [0.2, 0.25) is 15.9 Å². The highest BCUT2D eigenvalue weighted by Gasteiger charge is 2.25. The molecule has 4 heterocycles. The van der Waals surface area contributed by atoms with Gasteiger partial charge in [0, 0.05) is 41.4 Å². The Labute approximate surface area is 251 Å². The van der Waals surface area contributed by atoms with Crippen LogP contribution in [0.5, 0.6) is 0 Å². The molecule has 4 aromatic heterocycles. The van der Waals surface area contributed by atoms with Crippen LogP contribution in [0.1, 0.15) is 24.8 Å². The molecule has 1 amide bonds. The molecule has 1 fully saturated rings. The van der Waals surface area contributed by atoms with Gasteiger partial charge in [0.15, 0.2) is 5.82 Å². The Morgan fingerprint density at radius 1 is 1.00 bits per heavy atom. The lowest BCUT2D eigenvalue weighted by Gasteiger charge is -2.24. The van der Waals surface area contributed by atoms with Crippen molar-refractivity contribution in [2.75, 3.05) is 11.6 Å². The summed E-state index contributed by atoms with van der Waals surface area (Å²) in [5.41, 5.74) is 6.32. The van der Waals surface area contributed by atoms with Crippen LogP contribution >= 0.6 is 0 Å². The number of nitrogens with one attached hydrogen (secondary N) is 4. The van der Waals surface area contributed by atoms with Crippen molar-refractivity contribution < 1.29 is 17.6 Å². The second-order valence-corrected chi connectivity index (χ2v) is 12.8. The van der Waals surface area contributed by atoms with Gasteiger partial charge in [-0.05, 0) is 66.4 Å². The minimum atomic E-state index is -3.45. The number of aromatic amines is 2. The van der Waals surface area contributed by atoms with Crippen molar-refractivity contribution in [1.29, 1.82) is 0 Å². The van der Waals surface area contributed by atoms with Gasteiger partial charge in [-0.2, -0.15) is 5.10 Å². The van der Waals surface area contributed by atoms with Crippen LogP contribution in [0.3, 0.4) is 0 Å². The number of imidazole rings is 1. The maximum Gasteiger partial charge on any atom is 0.227 e. The zero-order valence-electron chi connectivity index (χ0n) is 23.6. The van der Waals surface area contributed by atoms with Crippen molar-refractivity contribution in [2.45, 2.75) is 25.8 Å². The van der Waals surface area contributed by atoms with Gasteiger partial charge in [-0.25, -0.2) is 22.5 Å². The quantitative estimate of drug-likeness (QED) is 0.185. The topological polar surface area (TPSA) is 158 Å². The van der Waals surface area contributed by atoms with E-state index in [-0.39, 0.29) is 18.4 Å². The monoisotopic (exact) mass is 610 g/mol. The third-order valence-corrected chi connectivity index (χ3v) is 8.44. The number of hydrogen-bond acceptors (Lipinski definition) is 7. The van der Waals surface area contributed by atoms with Gasteiger partial charge in [-0.3, -0.25) is 19.9 Å². The van der Waals surface area contributed by atoms with Gasteiger partial charge in [0.1, 0.15) is 17.0 Å². The number of benzene rings is 2. The van der Waals surface area contributed by atoms with Gasteiger partial charge in [0.25, 0.3) is 0 Å². The van der Waals surface area contributed by atoms with Crippen LogP contribution < -0.4 is 10.0 Å². The molecule has 44 heavy (non-hydrogen) atoms. The van der Waals surface area contributed by atoms with E-state index >= 15 is 0 Å². The van der Waals surface area contributed by atoms with Crippen LogP contribution in [0, 0.1) is 11.7 Å². The molecule has 2 aromatic carbocycles. The number of fused-ring (bicyclic) bond motifs is 2. The molecule has 0 unspecified atom stereocenters. The molecule has 4 N–H and O–H groups in total. The van der Waals surface area contributed by atoms with Crippen molar-refractivity contribution in [1.82, 2.24) is 34.9 Å². The summed E-state index contributed by atoms with van der Waals surface area (Å²) in [4.78, 5) is 29.4. The second-order valence-electron chi connectivity index (χ2n) is 11.0. The number of amides is 1. The maximum atomic E-state index is 14.6. The van der Waals surface area contributed by atoms with Gasteiger partial charge in [-0.1, -0.05) is 12.5 Å². The Bertz CT molecular complexity index is 2170. The average molecular weight is 611 g/mol. The summed E-state index contributed by atoms with van der Waals surface area (Å²) in [6, 6.07) is 13.9. The number of H-pyrrole nitrogens is 2. The summed E-state index contributed by atoms with van der Waals surface area (Å²) in [5.74, 6) is 0.0754. The SMILES string of the molecule is CS(=O)(=O)NCc1cc(F)cc(-c2nccc3[nH]c(-c4n[nH]c5ccc(-c6cncc(NC(=O)C7CCC7)c6)cc45)nc23)c1. The Balaban J connectivity index is 1.23. The van der Waals surface area contributed by atoms with E-state index in [1.54, 1.807) is 30.7 Å². The summed E-state index contributed by atoms with van der Waals surface area (Å²) >= 11 is 0. The molecule has 13 heteroatoms. The van der Waals surface area contributed by atoms with Crippen LogP contribution in [-0.4, -0.2) is 50.7 Å². The number of halogens is 1. The number of sulfonamides is 1. The number of hydrogen-bond donors (Lipinski definition) is 4. The van der Waals surface area contributed by atoms with Crippen LogP contribution in [0.15, 0.2) is 67.1 Å². The number of pyridine rings is 2. The fraction of sp³-hybridized carbons (Fsp3) is 0.194. The molecule has 0 radical (unpaired) electrons. The van der Waals surface area contributed by atoms with Crippen LogP contribution in [0.4, 0.5) is 10.1 Å². The average Bonchev–Trinajstić information content (AvgIpc) is 3.58. The molecule has 0 spiro atoms. The van der Waals surface area contributed by atoms with Crippen LogP contribution in [-0.2, 0) is 21.4 Å². The van der Waals surface area contributed by atoms with Crippen molar-refractivity contribution in [3.05, 3.63) is 78.5 Å². The lowest BCUT2D eigenvalue weighted by molar-refractivity contribution is -0.122. The van der Waals surface area contributed by atoms with Crippen LogP contribution in [0.2, 0.25) is 0 Å². The van der Waals surface area contributed by atoms with Gasteiger partial charge < -0.3 is 10.3 Å². The molecule has 6 aromatic rings. The summed E-state index contributed by atoms with van der Waals surface area (Å²) in [6.07, 6.45) is 8.97.